The second-order valence-electron chi connectivity index (χ2n) is 5.47. The molecule has 0 bridgehead atoms. The number of thioether (sulfide) groups is 1. The molecule has 0 aliphatic carbocycles. The molecule has 1 aromatic carbocycles. The topological polar surface area (TPSA) is 30.0 Å². The van der Waals surface area contributed by atoms with Crippen LogP contribution in [0.2, 0.25) is 0 Å². The molecule has 0 amide bonds. The summed E-state index contributed by atoms with van der Waals surface area (Å²) in [5.74, 6) is 0.384. The van der Waals surface area contributed by atoms with E-state index in [-0.39, 0.29) is 17.0 Å². The third kappa shape index (κ3) is 3.90. The molecule has 0 saturated heterocycles. The van der Waals surface area contributed by atoms with E-state index in [1.54, 1.807) is 12.1 Å². The highest BCUT2D eigenvalue weighted by Gasteiger charge is 2.21. The van der Waals surface area contributed by atoms with E-state index in [1.165, 1.54) is 35.2 Å². The van der Waals surface area contributed by atoms with Crippen LogP contribution in [0.4, 0.5) is 4.39 Å². The zero-order chi connectivity index (χ0) is 14.8. The highest BCUT2D eigenvalue weighted by atomic mass is 32.2. The van der Waals surface area contributed by atoms with E-state index in [9.17, 15) is 9.18 Å². The molecule has 0 N–H and O–H groups in total. The number of benzene rings is 1. The van der Waals surface area contributed by atoms with Gasteiger partial charge in [-0.3, -0.25) is 4.79 Å². The summed E-state index contributed by atoms with van der Waals surface area (Å²) in [6.45, 7) is 5.76. The number of aromatic nitrogens is 1. The minimum absolute atomic E-state index is 0.209. The van der Waals surface area contributed by atoms with Crippen molar-refractivity contribution in [3.63, 3.8) is 0 Å². The van der Waals surface area contributed by atoms with Crippen LogP contribution in [-0.2, 0) is 4.79 Å². The van der Waals surface area contributed by atoms with Crippen molar-refractivity contribution in [1.29, 1.82) is 0 Å². The van der Waals surface area contributed by atoms with Crippen molar-refractivity contribution >= 4 is 28.9 Å². The van der Waals surface area contributed by atoms with Gasteiger partial charge in [0.2, 0.25) is 0 Å². The highest BCUT2D eigenvalue weighted by Crippen LogP contribution is 2.29. The molecule has 0 saturated carbocycles. The number of nitrogens with zero attached hydrogens (tertiary/aromatic N) is 1. The van der Waals surface area contributed by atoms with Gasteiger partial charge in [0, 0.05) is 16.4 Å². The lowest BCUT2D eigenvalue weighted by molar-refractivity contribution is -0.123. The van der Waals surface area contributed by atoms with Crippen LogP contribution in [0.25, 0.3) is 11.3 Å². The molecule has 0 radical (unpaired) electrons. The number of ketones is 1. The van der Waals surface area contributed by atoms with Gasteiger partial charge in [-0.2, -0.15) is 0 Å². The molecular weight excluding hydrogens is 293 g/mol. The Balaban J connectivity index is 2.03. The van der Waals surface area contributed by atoms with E-state index >= 15 is 0 Å². The normalized spacial score (nSPS) is 11.6. The molecule has 0 atom stereocenters. The lowest BCUT2D eigenvalue weighted by atomic mass is 9.92. The number of halogens is 1. The van der Waals surface area contributed by atoms with E-state index in [4.69, 9.17) is 0 Å². The molecule has 1 aromatic heterocycles. The second kappa shape index (κ2) is 6.06. The molecule has 0 aliphatic rings. The molecular formula is C15H16FNOS2. The largest absolute Gasteiger partial charge is 0.298 e. The first-order valence-corrected chi connectivity index (χ1v) is 8.10. The number of hydrogen-bond acceptors (Lipinski definition) is 4. The van der Waals surface area contributed by atoms with Gasteiger partial charge in [0.05, 0.1) is 11.4 Å². The first-order chi connectivity index (χ1) is 9.36. The van der Waals surface area contributed by atoms with Crippen molar-refractivity contribution in [1.82, 2.24) is 4.98 Å². The van der Waals surface area contributed by atoms with Crippen LogP contribution in [-0.4, -0.2) is 16.5 Å². The van der Waals surface area contributed by atoms with Gasteiger partial charge in [-0.1, -0.05) is 32.5 Å². The Bertz CT molecular complexity index is 599. The average molecular weight is 309 g/mol. The van der Waals surface area contributed by atoms with Crippen LogP contribution in [0.1, 0.15) is 20.8 Å². The smallest absolute Gasteiger partial charge is 0.150 e. The van der Waals surface area contributed by atoms with E-state index < -0.39 is 0 Å². The van der Waals surface area contributed by atoms with Gasteiger partial charge in [-0.15, -0.1) is 11.3 Å². The molecule has 0 unspecified atom stereocenters. The van der Waals surface area contributed by atoms with Crippen LogP contribution < -0.4 is 0 Å². The van der Waals surface area contributed by atoms with Gasteiger partial charge in [0.15, 0.2) is 4.34 Å². The fourth-order valence-electron chi connectivity index (χ4n) is 1.42. The monoisotopic (exact) mass is 309 g/mol. The van der Waals surface area contributed by atoms with Gasteiger partial charge in [-0.25, -0.2) is 9.37 Å². The maximum atomic E-state index is 12.9. The lowest BCUT2D eigenvalue weighted by Crippen LogP contribution is -2.21. The number of carbonyl (C=O) groups is 1. The van der Waals surface area contributed by atoms with Crippen molar-refractivity contribution in [2.45, 2.75) is 25.1 Å². The summed E-state index contributed by atoms with van der Waals surface area (Å²) in [6, 6.07) is 6.26. The molecule has 0 fully saturated rings. The molecule has 0 spiro atoms. The van der Waals surface area contributed by atoms with Crippen LogP contribution in [0.15, 0.2) is 34.0 Å². The SMILES string of the molecule is CC(C)(C)C(=O)CSc1nc(-c2ccc(F)cc2)cs1. The molecule has 0 aliphatic heterocycles. The number of Topliss-reactive ketones (excluding diaryl/α,β-unsaturated/α-hetero) is 1. The van der Waals surface area contributed by atoms with Crippen molar-refractivity contribution in [3.8, 4) is 11.3 Å². The van der Waals surface area contributed by atoms with Gasteiger partial charge < -0.3 is 0 Å². The zero-order valence-corrected chi connectivity index (χ0v) is 13.3. The average Bonchev–Trinajstić information content (AvgIpc) is 2.84. The summed E-state index contributed by atoms with van der Waals surface area (Å²) < 4.78 is 13.7. The van der Waals surface area contributed by atoms with Crippen molar-refractivity contribution in [3.05, 3.63) is 35.5 Å². The Labute approximate surface area is 126 Å². The number of hydrogen-bond donors (Lipinski definition) is 0. The summed E-state index contributed by atoms with van der Waals surface area (Å²) in [5.41, 5.74) is 1.39. The zero-order valence-electron chi connectivity index (χ0n) is 11.6. The first-order valence-electron chi connectivity index (χ1n) is 6.24. The summed E-state index contributed by atoms with van der Waals surface area (Å²) in [7, 11) is 0. The molecule has 2 aromatic rings. The Morgan fingerprint density at radius 2 is 1.95 bits per heavy atom. The van der Waals surface area contributed by atoms with Crippen LogP contribution in [0.5, 0.6) is 0 Å². The van der Waals surface area contributed by atoms with Crippen molar-refractivity contribution in [2.24, 2.45) is 5.41 Å². The minimum Gasteiger partial charge on any atom is -0.298 e. The third-order valence-electron chi connectivity index (χ3n) is 2.79. The second-order valence-corrected chi connectivity index (χ2v) is 7.55. The first kappa shape index (κ1) is 15.2. The van der Waals surface area contributed by atoms with Crippen LogP contribution in [0.3, 0.4) is 0 Å². The summed E-state index contributed by atoms with van der Waals surface area (Å²) in [6.07, 6.45) is 0. The molecule has 20 heavy (non-hydrogen) atoms. The quantitative estimate of drug-likeness (QED) is 0.770. The van der Waals surface area contributed by atoms with Crippen molar-refractivity contribution in [2.75, 3.05) is 5.75 Å². The third-order valence-corrected chi connectivity index (χ3v) is 4.81. The molecule has 1 heterocycles. The summed E-state index contributed by atoms with van der Waals surface area (Å²) >= 11 is 2.96. The Morgan fingerprint density at radius 1 is 1.30 bits per heavy atom. The van der Waals surface area contributed by atoms with Gasteiger partial charge in [0.25, 0.3) is 0 Å². The molecule has 5 heteroatoms. The highest BCUT2D eigenvalue weighted by molar-refractivity contribution is 8.01. The summed E-state index contributed by atoms with van der Waals surface area (Å²) in [4.78, 5) is 16.3. The summed E-state index contributed by atoms with van der Waals surface area (Å²) in [5, 5.41) is 1.93. The fraction of sp³-hybridized carbons (Fsp3) is 0.333. The molecule has 2 rings (SSSR count). The van der Waals surface area contributed by atoms with E-state index in [1.807, 2.05) is 26.2 Å². The van der Waals surface area contributed by atoms with Crippen molar-refractivity contribution < 1.29 is 9.18 Å². The van der Waals surface area contributed by atoms with E-state index in [2.05, 4.69) is 4.98 Å². The fourth-order valence-corrected chi connectivity index (χ4v) is 3.42. The minimum atomic E-state index is -0.315. The van der Waals surface area contributed by atoms with E-state index in [0.29, 0.717) is 5.75 Å². The Hall–Kier alpha value is -1.20. The molecule has 106 valence electrons. The Kier molecular flexibility index (Phi) is 4.60. The standard InChI is InChI=1S/C15H16FNOS2/c1-15(2,3)13(18)9-20-14-17-12(8-19-14)10-4-6-11(16)7-5-10/h4-8H,9H2,1-3H3. The van der Waals surface area contributed by atoms with Gasteiger partial charge >= 0.3 is 0 Å². The number of rotatable bonds is 4. The predicted octanol–water partition coefficient (Wildman–Crippen LogP) is 4.66. The van der Waals surface area contributed by atoms with Crippen LogP contribution in [0, 0.1) is 11.2 Å². The Morgan fingerprint density at radius 3 is 2.55 bits per heavy atom. The predicted molar refractivity (Wildman–Crippen MR) is 82.7 cm³/mol. The van der Waals surface area contributed by atoms with Crippen LogP contribution >= 0.6 is 23.1 Å². The lowest BCUT2D eigenvalue weighted by Gasteiger charge is -2.15. The number of carbonyl (C=O) groups excluding carboxylic acids is 1. The van der Waals surface area contributed by atoms with E-state index in [0.717, 1.165) is 15.6 Å². The maximum absolute atomic E-state index is 12.9. The maximum Gasteiger partial charge on any atom is 0.150 e. The number of thiazole rings is 1. The van der Waals surface area contributed by atoms with Gasteiger partial charge in [0.1, 0.15) is 11.6 Å². The molecule has 2 nitrogen and oxygen atoms in total. The van der Waals surface area contributed by atoms with Gasteiger partial charge in [-0.05, 0) is 24.3 Å².